The molecule has 0 amide bonds. The van der Waals surface area contributed by atoms with E-state index >= 15 is 0 Å². The van der Waals surface area contributed by atoms with Gasteiger partial charge in [-0.25, -0.2) is 0 Å². The van der Waals surface area contributed by atoms with E-state index in [0.29, 0.717) is 32.1 Å². The Kier molecular flexibility index (Phi) is 2.49. The van der Waals surface area contributed by atoms with Crippen LogP contribution in [0, 0.1) is 28.6 Å². The molecule has 4 aliphatic carbocycles. The van der Waals surface area contributed by atoms with Crippen LogP contribution in [0.3, 0.4) is 0 Å². The van der Waals surface area contributed by atoms with Gasteiger partial charge < -0.3 is 19.7 Å². The Morgan fingerprint density at radius 3 is 2.79 bits per heavy atom. The zero-order valence-electron chi connectivity index (χ0n) is 14.0. The first-order valence-corrected chi connectivity index (χ1v) is 9.02. The van der Waals surface area contributed by atoms with Gasteiger partial charge in [-0.3, -0.25) is 4.79 Å². The van der Waals surface area contributed by atoms with Crippen molar-refractivity contribution in [1.82, 2.24) is 0 Å². The molecule has 0 unspecified atom stereocenters. The van der Waals surface area contributed by atoms with Gasteiger partial charge in [0.05, 0.1) is 17.1 Å². The summed E-state index contributed by atoms with van der Waals surface area (Å²) in [6.45, 7) is 5.86. The summed E-state index contributed by atoms with van der Waals surface area (Å²) < 4.78 is 6.02. The normalized spacial score (nSPS) is 60.6. The molecule has 4 saturated carbocycles. The van der Waals surface area contributed by atoms with E-state index < -0.39 is 22.7 Å². The van der Waals surface area contributed by atoms with Crippen molar-refractivity contribution in [3.63, 3.8) is 0 Å². The van der Waals surface area contributed by atoms with Crippen LogP contribution in [-0.4, -0.2) is 39.8 Å². The minimum absolute atomic E-state index is 0.0722. The van der Waals surface area contributed by atoms with Crippen molar-refractivity contribution in [2.75, 3.05) is 0 Å². The second-order valence-electron chi connectivity index (χ2n) is 9.13. The number of rotatable bonds is 1. The van der Waals surface area contributed by atoms with Gasteiger partial charge in [-0.2, -0.15) is 0 Å². The molecule has 0 radical (unpaired) electrons. The number of ether oxygens (including phenoxy) is 1. The monoisotopic (exact) mass is 332 g/mol. The maximum atomic E-state index is 12.7. The van der Waals surface area contributed by atoms with Gasteiger partial charge in [-0.05, 0) is 56.4 Å². The largest absolute Gasteiger partial charge is 0.458 e. The van der Waals surface area contributed by atoms with E-state index in [1.807, 2.05) is 0 Å². The van der Waals surface area contributed by atoms with Crippen LogP contribution in [0.5, 0.6) is 0 Å². The van der Waals surface area contributed by atoms with Gasteiger partial charge in [0.2, 0.25) is 0 Å². The second kappa shape index (κ2) is 3.96. The number of aliphatic hydroxyl groups is 2. The van der Waals surface area contributed by atoms with Crippen molar-refractivity contribution in [3.05, 3.63) is 12.2 Å². The van der Waals surface area contributed by atoms with Crippen LogP contribution >= 0.6 is 0 Å². The van der Waals surface area contributed by atoms with Crippen molar-refractivity contribution in [1.29, 1.82) is 0 Å². The highest BCUT2D eigenvalue weighted by atomic mass is 16.6. The lowest BCUT2D eigenvalue weighted by atomic mass is 9.59. The molecule has 8 atom stereocenters. The minimum atomic E-state index is -1.02. The molecule has 0 aromatic rings. The van der Waals surface area contributed by atoms with E-state index in [1.165, 1.54) is 0 Å². The predicted molar refractivity (Wildman–Crippen MR) is 83.7 cm³/mol. The Morgan fingerprint density at radius 2 is 2.08 bits per heavy atom. The van der Waals surface area contributed by atoms with Gasteiger partial charge in [-0.15, -0.1) is 0 Å². The SMILES string of the molecule is C=C1C[C@]23C[C@@]1(O)CC[C@H]2[C@@]12CC[C@H](O)[C@@](C)(C(=O)O1)[C@H]2[C@@H]3C=O. The average Bonchev–Trinajstić information content (AvgIpc) is 2.95. The molecule has 1 heterocycles. The van der Waals surface area contributed by atoms with Gasteiger partial charge in [0.15, 0.2) is 0 Å². The molecule has 130 valence electrons. The highest BCUT2D eigenvalue weighted by Gasteiger charge is 2.82. The van der Waals surface area contributed by atoms with Crippen LogP contribution in [-0.2, 0) is 14.3 Å². The number of esters is 1. The maximum Gasteiger partial charge on any atom is 0.315 e. The predicted octanol–water partition coefficient (Wildman–Crippen LogP) is 1.37. The first kappa shape index (κ1) is 15.1. The molecular weight excluding hydrogens is 308 g/mol. The number of hydrogen-bond donors (Lipinski definition) is 2. The lowest BCUT2D eigenvalue weighted by molar-refractivity contribution is -0.162. The van der Waals surface area contributed by atoms with Crippen LogP contribution in [0.1, 0.15) is 45.4 Å². The van der Waals surface area contributed by atoms with Gasteiger partial charge in [0, 0.05) is 17.8 Å². The van der Waals surface area contributed by atoms with Gasteiger partial charge in [0.1, 0.15) is 11.9 Å². The molecule has 1 aliphatic heterocycles. The summed E-state index contributed by atoms with van der Waals surface area (Å²) in [6, 6.07) is 0. The number of carbonyl (C=O) groups excluding carboxylic acids is 2. The van der Waals surface area contributed by atoms with Gasteiger partial charge in [-0.1, -0.05) is 6.58 Å². The number of fused-ring (bicyclic) bond motifs is 1. The molecule has 5 heteroatoms. The summed E-state index contributed by atoms with van der Waals surface area (Å²) in [5.74, 6) is -0.947. The Bertz CT molecular complexity index is 687. The summed E-state index contributed by atoms with van der Waals surface area (Å²) in [6.07, 6.45) is 3.87. The average molecular weight is 332 g/mol. The lowest BCUT2D eigenvalue weighted by Crippen LogP contribution is -2.52. The first-order valence-electron chi connectivity index (χ1n) is 9.02. The van der Waals surface area contributed by atoms with Crippen LogP contribution in [0.2, 0.25) is 0 Å². The van der Waals surface area contributed by atoms with Gasteiger partial charge in [0.25, 0.3) is 0 Å². The third-order valence-corrected chi connectivity index (χ3v) is 8.52. The van der Waals surface area contributed by atoms with Crippen LogP contribution in [0.15, 0.2) is 12.2 Å². The van der Waals surface area contributed by atoms with E-state index in [0.717, 1.165) is 18.3 Å². The molecule has 0 aromatic carbocycles. The van der Waals surface area contributed by atoms with E-state index in [9.17, 15) is 19.8 Å². The third kappa shape index (κ3) is 1.25. The molecule has 1 spiro atoms. The fraction of sp³-hybridized carbons (Fsp3) is 0.789. The fourth-order valence-electron chi connectivity index (χ4n) is 7.55. The highest BCUT2D eigenvalue weighted by Crippen LogP contribution is 2.77. The summed E-state index contributed by atoms with van der Waals surface area (Å²) in [4.78, 5) is 24.9. The number of aldehydes is 1. The quantitative estimate of drug-likeness (QED) is 0.430. The molecule has 5 rings (SSSR count). The summed E-state index contributed by atoms with van der Waals surface area (Å²) in [7, 11) is 0. The topological polar surface area (TPSA) is 83.8 Å². The van der Waals surface area contributed by atoms with E-state index in [2.05, 4.69) is 6.58 Å². The Hall–Kier alpha value is -1.20. The Balaban J connectivity index is 1.74. The molecular formula is C19H24O5. The van der Waals surface area contributed by atoms with Crippen LogP contribution in [0.25, 0.3) is 0 Å². The van der Waals surface area contributed by atoms with Gasteiger partial charge >= 0.3 is 5.97 Å². The van der Waals surface area contributed by atoms with E-state index in [4.69, 9.17) is 4.74 Å². The maximum absolute atomic E-state index is 12.7. The lowest BCUT2D eigenvalue weighted by Gasteiger charge is -2.45. The smallest absolute Gasteiger partial charge is 0.315 e. The summed E-state index contributed by atoms with van der Waals surface area (Å²) in [5.41, 5.74) is -2.10. The van der Waals surface area contributed by atoms with Crippen LogP contribution < -0.4 is 0 Å². The summed E-state index contributed by atoms with van der Waals surface area (Å²) >= 11 is 0. The van der Waals surface area contributed by atoms with E-state index in [1.54, 1.807) is 6.92 Å². The third-order valence-electron chi connectivity index (χ3n) is 8.52. The molecule has 5 fully saturated rings. The molecule has 1 saturated heterocycles. The van der Waals surface area contributed by atoms with Crippen molar-refractivity contribution < 1.29 is 24.5 Å². The first-order chi connectivity index (χ1) is 11.2. The van der Waals surface area contributed by atoms with Crippen molar-refractivity contribution in [2.45, 2.75) is 62.8 Å². The second-order valence-corrected chi connectivity index (χ2v) is 9.13. The molecule has 24 heavy (non-hydrogen) atoms. The van der Waals surface area contributed by atoms with Crippen molar-refractivity contribution in [3.8, 4) is 0 Å². The minimum Gasteiger partial charge on any atom is -0.458 e. The molecule has 0 aromatic heterocycles. The fourth-order valence-corrected chi connectivity index (χ4v) is 7.55. The standard InChI is InChI=1S/C19H24O5/c1-10-7-17-9-18(10,23)5-3-12(17)19-6-4-13(21)16(2,15(22)24-19)14(19)11(17)8-20/h8,11-14,21,23H,1,3-7,9H2,2H3/t11-,12+,13-,14+,16+,17+,18-,19+/m0/s1. The number of aliphatic hydroxyl groups excluding tert-OH is 1. The molecule has 5 nitrogen and oxygen atoms in total. The number of hydrogen-bond acceptors (Lipinski definition) is 5. The van der Waals surface area contributed by atoms with Crippen molar-refractivity contribution >= 4 is 12.3 Å². The van der Waals surface area contributed by atoms with E-state index in [-0.39, 0.29) is 29.1 Å². The molecule has 4 bridgehead atoms. The van der Waals surface area contributed by atoms with Crippen molar-refractivity contribution in [2.24, 2.45) is 28.6 Å². The Morgan fingerprint density at radius 1 is 1.33 bits per heavy atom. The highest BCUT2D eigenvalue weighted by molar-refractivity contribution is 5.83. The Labute approximate surface area is 141 Å². The van der Waals surface area contributed by atoms with Crippen LogP contribution in [0.4, 0.5) is 0 Å². The summed E-state index contributed by atoms with van der Waals surface area (Å²) in [5, 5.41) is 21.5. The zero-order chi connectivity index (χ0) is 17.1. The molecule has 5 aliphatic rings. The number of carbonyl (C=O) groups is 2. The zero-order valence-corrected chi connectivity index (χ0v) is 14.0. The molecule has 2 N–H and O–H groups in total.